The van der Waals surface area contributed by atoms with Gasteiger partial charge in [-0.1, -0.05) is 13.8 Å². The lowest BCUT2D eigenvalue weighted by Gasteiger charge is -2.28. The summed E-state index contributed by atoms with van der Waals surface area (Å²) in [4.78, 5) is 84.3. The van der Waals surface area contributed by atoms with Crippen molar-refractivity contribution in [1.82, 2.24) is 36.1 Å². The summed E-state index contributed by atoms with van der Waals surface area (Å²) in [5.74, 6) is -5.11. The minimum atomic E-state index is -1.58. The van der Waals surface area contributed by atoms with Gasteiger partial charge in [0.05, 0.1) is 24.2 Å². The summed E-state index contributed by atoms with van der Waals surface area (Å²) < 4.78 is 0. The summed E-state index contributed by atoms with van der Waals surface area (Å²) in [5, 5.41) is 28.8. The second-order valence-electron chi connectivity index (χ2n) is 10.8. The van der Waals surface area contributed by atoms with Crippen LogP contribution >= 0.6 is 0 Å². The molecule has 0 unspecified atom stereocenters. The van der Waals surface area contributed by atoms with Crippen LogP contribution in [0, 0.1) is 5.92 Å². The Hall–Kier alpha value is -4.05. The Kier molecular flexibility index (Phi) is 12.4. The van der Waals surface area contributed by atoms with Crippen LogP contribution in [0.1, 0.15) is 53.2 Å². The largest absolute Gasteiger partial charge is 0.480 e. The van der Waals surface area contributed by atoms with E-state index < -0.39 is 77.9 Å². The number of nitrogens with two attached hydrogens (primary N) is 1. The third kappa shape index (κ3) is 9.24. The van der Waals surface area contributed by atoms with E-state index in [1.54, 1.807) is 20.0 Å². The van der Waals surface area contributed by atoms with Gasteiger partial charge in [-0.2, -0.15) is 0 Å². The molecular formula is C26H42N8O8. The van der Waals surface area contributed by atoms with Crippen molar-refractivity contribution in [3.63, 3.8) is 0 Å². The van der Waals surface area contributed by atoms with E-state index >= 15 is 0 Å². The topological polar surface area (TPSA) is 249 Å². The van der Waals surface area contributed by atoms with E-state index in [0.29, 0.717) is 25.1 Å². The minimum absolute atomic E-state index is 0.0175. The molecule has 1 saturated heterocycles. The smallest absolute Gasteiger partial charge is 0.328 e. The molecule has 0 saturated carbocycles. The number of aromatic nitrogens is 2. The summed E-state index contributed by atoms with van der Waals surface area (Å²) >= 11 is 0. The number of carboxylic acids is 1. The van der Waals surface area contributed by atoms with Crippen LogP contribution in [0.3, 0.4) is 0 Å². The SMILES string of the molecule is CC(C)[C@H](NC(=O)[C@H](C)NC(=O)[C@H](Cc1c[nH]cn1)NC(=O)[C@@H]1CCCN1C(=O)[C@H](C)N)C(=O)N[C@H](C(=O)O)[C@@H](C)O. The van der Waals surface area contributed by atoms with E-state index in [-0.39, 0.29) is 12.3 Å². The van der Waals surface area contributed by atoms with Gasteiger partial charge in [-0.05, 0) is 39.5 Å². The lowest BCUT2D eigenvalue weighted by Crippen LogP contribution is -2.60. The van der Waals surface area contributed by atoms with Gasteiger partial charge >= 0.3 is 5.97 Å². The molecule has 234 valence electrons. The number of carboxylic acid groups (broad SMARTS) is 1. The summed E-state index contributed by atoms with van der Waals surface area (Å²) in [6.07, 6.45) is 2.55. The van der Waals surface area contributed by atoms with E-state index in [1.807, 2.05) is 0 Å². The molecule has 9 N–H and O–H groups in total. The molecule has 1 aromatic rings. The van der Waals surface area contributed by atoms with Crippen molar-refractivity contribution in [1.29, 1.82) is 0 Å². The van der Waals surface area contributed by atoms with Gasteiger partial charge in [-0.15, -0.1) is 0 Å². The number of rotatable bonds is 14. The van der Waals surface area contributed by atoms with Gasteiger partial charge in [0, 0.05) is 19.2 Å². The van der Waals surface area contributed by atoms with Crippen LogP contribution in [0.2, 0.25) is 0 Å². The third-order valence-corrected chi connectivity index (χ3v) is 6.87. The number of hydrogen-bond acceptors (Lipinski definition) is 9. The highest BCUT2D eigenvalue weighted by Crippen LogP contribution is 2.19. The van der Waals surface area contributed by atoms with Gasteiger partial charge in [-0.25, -0.2) is 9.78 Å². The molecule has 0 spiro atoms. The van der Waals surface area contributed by atoms with Gasteiger partial charge in [0.1, 0.15) is 24.2 Å². The molecule has 0 aliphatic carbocycles. The second-order valence-corrected chi connectivity index (χ2v) is 10.8. The quantitative estimate of drug-likeness (QED) is 0.111. The molecule has 1 aromatic heterocycles. The van der Waals surface area contributed by atoms with Crippen molar-refractivity contribution >= 4 is 35.5 Å². The summed E-state index contributed by atoms with van der Waals surface area (Å²) in [6.45, 7) is 7.74. The fraction of sp³-hybridized carbons (Fsp3) is 0.654. The first-order valence-electron chi connectivity index (χ1n) is 13.8. The van der Waals surface area contributed by atoms with Crippen LogP contribution in [-0.4, -0.2) is 109 Å². The molecule has 7 atom stereocenters. The number of H-pyrrole nitrogens is 1. The Balaban J connectivity index is 2.12. The Bertz CT molecular complexity index is 1120. The third-order valence-electron chi connectivity index (χ3n) is 6.87. The second kappa shape index (κ2) is 15.3. The molecule has 2 rings (SSSR count). The fourth-order valence-corrected chi connectivity index (χ4v) is 4.48. The lowest BCUT2D eigenvalue weighted by molar-refractivity contribution is -0.145. The number of aliphatic hydroxyl groups excluding tert-OH is 1. The molecule has 0 aromatic carbocycles. The number of aromatic amines is 1. The maximum absolute atomic E-state index is 13.3. The molecule has 5 amide bonds. The van der Waals surface area contributed by atoms with Gasteiger partial charge in [0.25, 0.3) is 0 Å². The van der Waals surface area contributed by atoms with Crippen LogP contribution in [0.15, 0.2) is 12.5 Å². The van der Waals surface area contributed by atoms with Crippen molar-refractivity contribution < 1.29 is 39.0 Å². The molecule has 42 heavy (non-hydrogen) atoms. The predicted octanol–water partition coefficient (Wildman–Crippen LogP) is -2.63. The summed E-state index contributed by atoms with van der Waals surface area (Å²) in [5.41, 5.74) is 6.19. The van der Waals surface area contributed by atoms with Crippen LogP contribution < -0.4 is 27.0 Å². The molecule has 1 aliphatic rings. The van der Waals surface area contributed by atoms with Crippen molar-refractivity contribution in [3.8, 4) is 0 Å². The monoisotopic (exact) mass is 594 g/mol. The van der Waals surface area contributed by atoms with Crippen molar-refractivity contribution in [2.75, 3.05) is 6.54 Å². The average Bonchev–Trinajstić information content (AvgIpc) is 3.60. The molecule has 1 aliphatic heterocycles. The zero-order valence-electron chi connectivity index (χ0n) is 24.4. The Labute approximate surface area is 243 Å². The number of nitrogens with one attached hydrogen (secondary N) is 5. The van der Waals surface area contributed by atoms with Gasteiger partial charge < -0.3 is 47.1 Å². The molecule has 16 heteroatoms. The number of amides is 5. The number of aliphatic hydroxyl groups is 1. The van der Waals surface area contributed by atoms with Crippen LogP contribution in [0.5, 0.6) is 0 Å². The molecule has 16 nitrogen and oxygen atoms in total. The maximum atomic E-state index is 13.3. The number of nitrogens with zero attached hydrogens (tertiary/aromatic N) is 2. The molecule has 0 bridgehead atoms. The highest BCUT2D eigenvalue weighted by atomic mass is 16.4. The standard InChI is InChI=1S/C26H42N8O8/c1-12(2)19(24(39)33-20(15(5)35)26(41)42)32-21(36)14(4)30-22(37)17(9-16-10-28-11-29-16)31-23(38)18-7-6-8-34(18)25(40)13(3)27/h10-15,17-20,35H,6-9,27H2,1-5H3,(H,28,29)(H,30,37)(H,31,38)(H,32,36)(H,33,39)(H,41,42)/t13-,14-,15+,17-,18-,19-,20-/m0/s1. The van der Waals surface area contributed by atoms with Crippen LogP contribution in [0.25, 0.3) is 0 Å². The van der Waals surface area contributed by atoms with Gasteiger partial charge in [-0.3, -0.25) is 24.0 Å². The first-order valence-corrected chi connectivity index (χ1v) is 13.8. The van der Waals surface area contributed by atoms with Gasteiger partial charge in [0.2, 0.25) is 29.5 Å². The first-order chi connectivity index (χ1) is 19.6. The Morgan fingerprint density at radius 1 is 1.00 bits per heavy atom. The highest BCUT2D eigenvalue weighted by molar-refractivity contribution is 5.96. The molecule has 2 heterocycles. The maximum Gasteiger partial charge on any atom is 0.328 e. The van der Waals surface area contributed by atoms with E-state index in [2.05, 4.69) is 31.2 Å². The van der Waals surface area contributed by atoms with Crippen LogP contribution in [-0.2, 0) is 35.2 Å². The molecule has 0 radical (unpaired) electrons. The normalized spacial score (nSPS) is 19.1. The summed E-state index contributed by atoms with van der Waals surface area (Å²) in [6, 6.07) is -6.68. The summed E-state index contributed by atoms with van der Waals surface area (Å²) in [7, 11) is 0. The lowest BCUT2D eigenvalue weighted by atomic mass is 10.0. The average molecular weight is 595 g/mol. The number of hydrogen-bond donors (Lipinski definition) is 8. The Morgan fingerprint density at radius 3 is 2.17 bits per heavy atom. The number of likely N-dealkylation sites (tertiary alicyclic amines) is 1. The van der Waals surface area contributed by atoms with Crippen molar-refractivity contribution in [3.05, 3.63) is 18.2 Å². The van der Waals surface area contributed by atoms with Crippen molar-refractivity contribution in [2.45, 2.75) is 96.2 Å². The minimum Gasteiger partial charge on any atom is -0.480 e. The van der Waals surface area contributed by atoms with Crippen LogP contribution in [0.4, 0.5) is 0 Å². The van der Waals surface area contributed by atoms with E-state index in [4.69, 9.17) is 5.73 Å². The molecule has 1 fully saturated rings. The zero-order chi connectivity index (χ0) is 31.7. The number of imidazole rings is 1. The zero-order valence-corrected chi connectivity index (χ0v) is 24.4. The highest BCUT2D eigenvalue weighted by Gasteiger charge is 2.37. The number of carbonyl (C=O) groups excluding carboxylic acids is 5. The van der Waals surface area contributed by atoms with E-state index in [1.165, 1.54) is 32.0 Å². The van der Waals surface area contributed by atoms with E-state index in [0.717, 1.165) is 0 Å². The predicted molar refractivity (Wildman–Crippen MR) is 148 cm³/mol. The Morgan fingerprint density at radius 2 is 1.64 bits per heavy atom. The van der Waals surface area contributed by atoms with Gasteiger partial charge in [0.15, 0.2) is 6.04 Å². The van der Waals surface area contributed by atoms with E-state index in [9.17, 15) is 39.0 Å². The fourth-order valence-electron chi connectivity index (χ4n) is 4.48. The number of aliphatic carboxylic acids is 1. The first kappa shape index (κ1) is 34.2. The van der Waals surface area contributed by atoms with Crippen molar-refractivity contribution in [2.24, 2.45) is 11.7 Å². The molecular weight excluding hydrogens is 552 g/mol. The number of carbonyl (C=O) groups is 6.